The first kappa shape index (κ1) is 15.7. The number of hydrogen-bond acceptors (Lipinski definition) is 4. The fourth-order valence-corrected chi connectivity index (χ4v) is 5.60. The summed E-state index contributed by atoms with van der Waals surface area (Å²) in [5.41, 5.74) is 1.33. The van der Waals surface area contributed by atoms with Crippen molar-refractivity contribution in [1.82, 2.24) is 10.6 Å². The molecule has 0 spiro atoms. The third-order valence-electron chi connectivity index (χ3n) is 5.17. The number of halogens is 1. The van der Waals surface area contributed by atoms with Gasteiger partial charge in [-0.1, -0.05) is 18.2 Å². The Morgan fingerprint density at radius 3 is 2.42 bits per heavy atom. The molecule has 6 heteroatoms. The Kier molecular flexibility index (Phi) is 3.36. The van der Waals surface area contributed by atoms with Crippen LogP contribution in [-0.4, -0.2) is 26.4 Å². The summed E-state index contributed by atoms with van der Waals surface area (Å²) in [7, 11) is -3.56. The molecular formula is C18H18FN2O2S. The van der Waals surface area contributed by atoms with Crippen LogP contribution in [0.15, 0.2) is 47.4 Å². The van der Waals surface area contributed by atoms with Crippen molar-refractivity contribution in [2.45, 2.75) is 28.6 Å². The number of benzene rings is 2. The Morgan fingerprint density at radius 2 is 1.83 bits per heavy atom. The highest BCUT2D eigenvalue weighted by Crippen LogP contribution is 2.45. The van der Waals surface area contributed by atoms with Crippen LogP contribution < -0.4 is 10.6 Å². The Balaban J connectivity index is 1.71. The van der Waals surface area contributed by atoms with E-state index in [0.29, 0.717) is 19.5 Å². The second-order valence-electron chi connectivity index (χ2n) is 6.68. The monoisotopic (exact) mass is 345 g/mol. The van der Waals surface area contributed by atoms with Crippen LogP contribution in [0.1, 0.15) is 17.5 Å². The summed E-state index contributed by atoms with van der Waals surface area (Å²) < 4.78 is 39.5. The van der Waals surface area contributed by atoms with Crippen molar-refractivity contribution in [3.8, 4) is 0 Å². The second kappa shape index (κ2) is 5.12. The van der Waals surface area contributed by atoms with Crippen molar-refractivity contribution in [1.29, 1.82) is 0 Å². The SMILES string of the molecule is Cc1[c]cc(S(=O)(=O)[C@@]23CN[C@@](c4ccc(F)cc4)(CN2)C3)cc1. The maximum atomic E-state index is 13.2. The quantitative estimate of drug-likeness (QED) is 0.892. The fourth-order valence-electron chi connectivity index (χ4n) is 3.73. The third kappa shape index (κ3) is 2.13. The highest BCUT2D eigenvalue weighted by atomic mass is 32.2. The highest BCUT2D eigenvalue weighted by Gasteiger charge is 2.61. The molecule has 2 aromatic rings. The Hall–Kier alpha value is -1.76. The summed E-state index contributed by atoms with van der Waals surface area (Å²) in [6.45, 7) is 2.69. The summed E-state index contributed by atoms with van der Waals surface area (Å²) in [5.74, 6) is -0.298. The number of nitrogens with one attached hydrogen (secondary N) is 2. The predicted octanol–water partition coefficient (Wildman–Crippen LogP) is 1.90. The molecule has 2 bridgehead atoms. The molecule has 2 N–H and O–H groups in total. The molecule has 2 atom stereocenters. The van der Waals surface area contributed by atoms with Gasteiger partial charge in [0.25, 0.3) is 0 Å². The van der Waals surface area contributed by atoms with E-state index in [2.05, 4.69) is 16.7 Å². The van der Waals surface area contributed by atoms with Crippen LogP contribution in [0.4, 0.5) is 4.39 Å². The third-order valence-corrected chi connectivity index (χ3v) is 7.51. The Morgan fingerprint density at radius 1 is 1.08 bits per heavy atom. The van der Waals surface area contributed by atoms with Gasteiger partial charge in [0.05, 0.1) is 10.4 Å². The zero-order chi connectivity index (χ0) is 17.0. The summed E-state index contributed by atoms with van der Waals surface area (Å²) in [5, 5.41) is 6.58. The molecule has 2 fully saturated rings. The number of aryl methyl sites for hydroxylation is 1. The minimum absolute atomic E-state index is 0.277. The Bertz CT molecular complexity index is 868. The van der Waals surface area contributed by atoms with Crippen molar-refractivity contribution in [3.63, 3.8) is 0 Å². The highest BCUT2D eigenvalue weighted by molar-refractivity contribution is 7.92. The smallest absolute Gasteiger partial charge is 0.198 e. The lowest BCUT2D eigenvalue weighted by Gasteiger charge is -2.30. The lowest BCUT2D eigenvalue weighted by atomic mass is 9.90. The van der Waals surface area contributed by atoms with E-state index in [1.165, 1.54) is 18.2 Å². The van der Waals surface area contributed by atoms with Gasteiger partial charge in [-0.25, -0.2) is 12.8 Å². The van der Waals surface area contributed by atoms with Gasteiger partial charge >= 0.3 is 0 Å². The van der Waals surface area contributed by atoms with Gasteiger partial charge in [0.1, 0.15) is 10.7 Å². The van der Waals surface area contributed by atoms with Gasteiger partial charge in [-0.15, -0.1) is 0 Å². The number of rotatable bonds is 3. The normalized spacial score (nSPS) is 29.1. The summed E-state index contributed by atoms with van der Waals surface area (Å²) in [4.78, 5) is -0.760. The van der Waals surface area contributed by atoms with Gasteiger partial charge in [-0.2, -0.15) is 0 Å². The van der Waals surface area contributed by atoms with Crippen molar-refractivity contribution >= 4 is 9.84 Å². The maximum Gasteiger partial charge on any atom is 0.198 e. The molecule has 1 radical (unpaired) electrons. The largest absolute Gasteiger partial charge is 0.303 e. The van der Waals surface area contributed by atoms with E-state index in [9.17, 15) is 12.8 Å². The molecule has 0 aromatic heterocycles. The maximum absolute atomic E-state index is 13.2. The van der Waals surface area contributed by atoms with Crippen molar-refractivity contribution in [2.24, 2.45) is 0 Å². The second-order valence-corrected chi connectivity index (χ2v) is 8.94. The topological polar surface area (TPSA) is 58.2 Å². The minimum atomic E-state index is -3.56. The number of hydrogen-bond donors (Lipinski definition) is 2. The van der Waals surface area contributed by atoms with Crippen molar-refractivity contribution in [2.75, 3.05) is 13.1 Å². The van der Waals surface area contributed by atoms with Gasteiger partial charge in [0.15, 0.2) is 9.84 Å². The van der Waals surface area contributed by atoms with Crippen LogP contribution in [-0.2, 0) is 15.4 Å². The van der Waals surface area contributed by atoms with Crippen LogP contribution in [0.5, 0.6) is 0 Å². The fraction of sp³-hybridized carbons (Fsp3) is 0.333. The molecule has 0 unspecified atom stereocenters. The summed E-state index contributed by atoms with van der Waals surface area (Å²) in [6, 6.07) is 14.2. The van der Waals surface area contributed by atoms with E-state index in [-0.39, 0.29) is 10.7 Å². The lowest BCUT2D eigenvalue weighted by molar-refractivity contribution is 0.383. The van der Waals surface area contributed by atoms with E-state index >= 15 is 0 Å². The van der Waals surface area contributed by atoms with Crippen molar-refractivity contribution < 1.29 is 12.8 Å². The summed E-state index contributed by atoms with van der Waals surface area (Å²) in [6.07, 6.45) is 0.418. The van der Waals surface area contributed by atoms with Crippen LogP contribution in [0.25, 0.3) is 0 Å². The summed E-state index contributed by atoms with van der Waals surface area (Å²) >= 11 is 0. The molecule has 2 aliphatic rings. The van der Waals surface area contributed by atoms with Gasteiger partial charge in [-0.3, -0.25) is 5.32 Å². The molecule has 2 aliphatic heterocycles. The number of fused-ring (bicyclic) bond motifs is 2. The molecule has 0 saturated carbocycles. The van der Waals surface area contributed by atoms with Gasteiger partial charge in [-0.05, 0) is 48.4 Å². The zero-order valence-electron chi connectivity index (χ0n) is 13.3. The predicted molar refractivity (Wildman–Crippen MR) is 88.6 cm³/mol. The average Bonchev–Trinajstić information content (AvgIpc) is 3.15. The molecule has 2 heterocycles. The number of piperazine rings is 1. The molecular weight excluding hydrogens is 327 g/mol. The van der Waals surface area contributed by atoms with Gasteiger partial charge in [0, 0.05) is 19.5 Å². The molecule has 0 aliphatic carbocycles. The molecule has 2 aromatic carbocycles. The average molecular weight is 345 g/mol. The van der Waals surface area contributed by atoms with Gasteiger partial charge < -0.3 is 5.32 Å². The van der Waals surface area contributed by atoms with E-state index in [1.807, 2.05) is 6.92 Å². The Labute approximate surface area is 141 Å². The van der Waals surface area contributed by atoms with Crippen LogP contribution in [0.2, 0.25) is 0 Å². The van der Waals surface area contributed by atoms with Crippen LogP contribution in [0, 0.1) is 18.8 Å². The molecule has 0 amide bonds. The number of sulfone groups is 1. The van der Waals surface area contributed by atoms with Gasteiger partial charge in [0.2, 0.25) is 0 Å². The lowest BCUT2D eigenvalue weighted by Crippen LogP contribution is -2.56. The van der Waals surface area contributed by atoms with E-state index in [4.69, 9.17) is 0 Å². The van der Waals surface area contributed by atoms with Crippen molar-refractivity contribution in [3.05, 3.63) is 65.5 Å². The van der Waals surface area contributed by atoms with E-state index in [0.717, 1.165) is 11.1 Å². The zero-order valence-corrected chi connectivity index (χ0v) is 14.1. The first-order valence-corrected chi connectivity index (χ1v) is 9.34. The standard InChI is InChI=1S/C18H18FN2O2S/c1-13-2-8-16(9-3-13)24(22,23)18-10-17(11-21-18,20-12-18)14-4-6-15(19)7-5-14/h2,4-9,20-21H,10-12H2,1H3/t17-,18+/m1/s1. The minimum Gasteiger partial charge on any atom is -0.303 e. The van der Waals surface area contributed by atoms with Crippen LogP contribution >= 0.6 is 0 Å². The first-order chi connectivity index (χ1) is 11.4. The van der Waals surface area contributed by atoms with Crippen LogP contribution in [0.3, 0.4) is 0 Å². The van der Waals surface area contributed by atoms with E-state index in [1.54, 1.807) is 24.3 Å². The molecule has 4 nitrogen and oxygen atoms in total. The molecule has 2 saturated heterocycles. The molecule has 125 valence electrons. The molecule has 4 rings (SSSR count). The molecule has 24 heavy (non-hydrogen) atoms. The van der Waals surface area contributed by atoms with E-state index < -0.39 is 20.2 Å². The first-order valence-electron chi connectivity index (χ1n) is 7.86.